The van der Waals surface area contributed by atoms with Crippen molar-refractivity contribution in [2.45, 2.75) is 26.2 Å². The van der Waals surface area contributed by atoms with Crippen molar-refractivity contribution in [3.8, 4) is 0 Å². The molecule has 2 amide bonds. The maximum absolute atomic E-state index is 13.1. The van der Waals surface area contributed by atoms with Gasteiger partial charge in [0.2, 0.25) is 0 Å². The van der Waals surface area contributed by atoms with E-state index in [1.807, 2.05) is 41.0 Å². The summed E-state index contributed by atoms with van der Waals surface area (Å²) in [6.07, 6.45) is 1.89. The fourth-order valence-corrected chi connectivity index (χ4v) is 4.73. The molecule has 1 aliphatic carbocycles. The molecule has 140 valence electrons. The van der Waals surface area contributed by atoms with Crippen LogP contribution in [0.5, 0.6) is 0 Å². The van der Waals surface area contributed by atoms with Crippen molar-refractivity contribution in [1.82, 2.24) is 9.80 Å². The predicted molar refractivity (Wildman–Crippen MR) is 105 cm³/mol. The van der Waals surface area contributed by atoms with Crippen LogP contribution in [-0.4, -0.2) is 53.6 Å². The highest BCUT2D eigenvalue weighted by molar-refractivity contribution is 7.13. The van der Waals surface area contributed by atoms with Gasteiger partial charge in [0.25, 0.3) is 11.8 Å². The zero-order valence-electron chi connectivity index (χ0n) is 15.4. The Morgan fingerprint density at radius 2 is 1.67 bits per heavy atom. The molecule has 0 unspecified atom stereocenters. The van der Waals surface area contributed by atoms with Gasteiger partial charge in [-0.05, 0) is 43.5 Å². The third kappa shape index (κ3) is 3.41. The number of aryl methyl sites for hydroxylation is 1. The molecule has 1 aromatic carbocycles. The summed E-state index contributed by atoms with van der Waals surface area (Å²) < 4.78 is 0. The van der Waals surface area contributed by atoms with Crippen LogP contribution in [0.2, 0.25) is 0 Å². The molecule has 27 heavy (non-hydrogen) atoms. The van der Waals surface area contributed by atoms with Crippen LogP contribution in [0.3, 0.4) is 0 Å². The summed E-state index contributed by atoms with van der Waals surface area (Å²) >= 11 is 1.51. The fraction of sp³-hybridized carbons (Fsp3) is 0.381. The summed E-state index contributed by atoms with van der Waals surface area (Å²) in [5, 5.41) is 0. The van der Waals surface area contributed by atoms with E-state index in [-0.39, 0.29) is 17.6 Å². The lowest BCUT2D eigenvalue weighted by molar-refractivity contribution is 0.0720. The van der Waals surface area contributed by atoms with Gasteiger partial charge in [-0.3, -0.25) is 14.4 Å². The maximum Gasteiger partial charge on any atom is 0.263 e. The van der Waals surface area contributed by atoms with Crippen LogP contribution in [0, 0.1) is 6.92 Å². The van der Waals surface area contributed by atoms with Gasteiger partial charge < -0.3 is 9.80 Å². The Morgan fingerprint density at radius 3 is 2.37 bits per heavy atom. The highest BCUT2D eigenvalue weighted by Crippen LogP contribution is 2.26. The number of benzene rings is 1. The predicted octanol–water partition coefficient (Wildman–Crippen LogP) is 3.17. The van der Waals surface area contributed by atoms with Crippen molar-refractivity contribution < 1.29 is 14.4 Å². The average molecular weight is 382 g/mol. The number of nitrogens with zero attached hydrogens (tertiary/aromatic N) is 2. The minimum Gasteiger partial charge on any atom is -0.337 e. The van der Waals surface area contributed by atoms with Crippen LogP contribution >= 0.6 is 11.3 Å². The first-order valence-electron chi connectivity index (χ1n) is 9.34. The van der Waals surface area contributed by atoms with E-state index in [1.54, 1.807) is 6.07 Å². The number of thiophene rings is 1. The fourth-order valence-electron chi connectivity index (χ4n) is 3.89. The van der Waals surface area contributed by atoms with Crippen LogP contribution in [0.1, 0.15) is 53.7 Å². The van der Waals surface area contributed by atoms with Crippen molar-refractivity contribution in [2.75, 3.05) is 26.2 Å². The summed E-state index contributed by atoms with van der Waals surface area (Å²) in [7, 11) is 0. The number of hydrogen-bond donors (Lipinski definition) is 0. The molecule has 0 bridgehead atoms. The monoisotopic (exact) mass is 382 g/mol. The number of Topliss-reactive ketones (excluding diaryl/α,β-unsaturated/α-hetero) is 1. The second kappa shape index (κ2) is 7.27. The lowest BCUT2D eigenvalue weighted by atomic mass is 10.0. The molecule has 0 N–H and O–H groups in total. The Hall–Kier alpha value is -2.47. The summed E-state index contributed by atoms with van der Waals surface area (Å²) in [4.78, 5) is 43.3. The Balaban J connectivity index is 1.48. The summed E-state index contributed by atoms with van der Waals surface area (Å²) in [6.45, 7) is 4.34. The maximum atomic E-state index is 13.1. The average Bonchev–Trinajstić information content (AvgIpc) is 3.18. The number of carbonyl (C=O) groups excluding carboxylic acids is 3. The van der Waals surface area contributed by atoms with Crippen LogP contribution < -0.4 is 0 Å². The topological polar surface area (TPSA) is 57.7 Å². The first kappa shape index (κ1) is 17.9. The SMILES string of the molecule is Cc1ccc(C(=O)N2CCCN(C(=O)c3cccc4c3CCC4=O)CC2)s1. The van der Waals surface area contributed by atoms with Crippen molar-refractivity contribution in [3.05, 3.63) is 56.8 Å². The van der Waals surface area contributed by atoms with E-state index >= 15 is 0 Å². The quantitative estimate of drug-likeness (QED) is 0.802. The van der Waals surface area contributed by atoms with Gasteiger partial charge in [-0.25, -0.2) is 0 Å². The van der Waals surface area contributed by atoms with Crippen LogP contribution in [-0.2, 0) is 6.42 Å². The zero-order valence-corrected chi connectivity index (χ0v) is 16.2. The number of hydrogen-bond acceptors (Lipinski definition) is 4. The molecule has 6 heteroatoms. The van der Waals surface area contributed by atoms with E-state index in [2.05, 4.69) is 0 Å². The van der Waals surface area contributed by atoms with Crippen molar-refractivity contribution in [3.63, 3.8) is 0 Å². The molecule has 0 atom stereocenters. The number of amides is 2. The number of carbonyl (C=O) groups is 3. The summed E-state index contributed by atoms with van der Waals surface area (Å²) in [5.41, 5.74) is 2.23. The first-order valence-corrected chi connectivity index (χ1v) is 10.2. The van der Waals surface area contributed by atoms with E-state index in [0.717, 1.165) is 21.7 Å². The molecule has 4 rings (SSSR count). The van der Waals surface area contributed by atoms with Gasteiger partial charge in [0.1, 0.15) is 0 Å². The van der Waals surface area contributed by atoms with Gasteiger partial charge in [0, 0.05) is 48.6 Å². The van der Waals surface area contributed by atoms with Crippen molar-refractivity contribution in [2.24, 2.45) is 0 Å². The van der Waals surface area contributed by atoms with Crippen LogP contribution in [0.25, 0.3) is 0 Å². The Bertz CT molecular complexity index is 918. The van der Waals surface area contributed by atoms with E-state index in [9.17, 15) is 14.4 Å². The molecule has 1 fully saturated rings. The van der Waals surface area contributed by atoms with Gasteiger partial charge in [-0.15, -0.1) is 11.3 Å². The zero-order chi connectivity index (χ0) is 19.0. The second-order valence-corrected chi connectivity index (χ2v) is 8.39. The first-order chi connectivity index (χ1) is 13.0. The van der Waals surface area contributed by atoms with Crippen molar-refractivity contribution >= 4 is 28.9 Å². The number of ketones is 1. The molecule has 2 aromatic rings. The normalized spacial score (nSPS) is 17.0. The molecule has 5 nitrogen and oxygen atoms in total. The summed E-state index contributed by atoms with van der Waals surface area (Å²) in [5.74, 6) is 0.148. The van der Waals surface area contributed by atoms with Crippen LogP contribution in [0.15, 0.2) is 30.3 Å². The Morgan fingerprint density at radius 1 is 0.926 bits per heavy atom. The number of fused-ring (bicyclic) bond motifs is 1. The van der Waals surface area contributed by atoms with E-state index in [0.29, 0.717) is 50.1 Å². The minimum atomic E-state index is -0.0252. The lowest BCUT2D eigenvalue weighted by Crippen LogP contribution is -2.37. The smallest absolute Gasteiger partial charge is 0.263 e. The third-order valence-electron chi connectivity index (χ3n) is 5.33. The van der Waals surface area contributed by atoms with Crippen molar-refractivity contribution in [1.29, 1.82) is 0 Å². The Kier molecular flexibility index (Phi) is 4.83. The molecule has 1 aromatic heterocycles. The molecule has 2 aliphatic rings. The molecular weight excluding hydrogens is 360 g/mol. The highest BCUT2D eigenvalue weighted by Gasteiger charge is 2.28. The van der Waals surface area contributed by atoms with Gasteiger partial charge in [-0.1, -0.05) is 12.1 Å². The van der Waals surface area contributed by atoms with Crippen LogP contribution in [0.4, 0.5) is 0 Å². The molecule has 1 aliphatic heterocycles. The minimum absolute atomic E-state index is 0.0252. The standard InChI is InChI=1S/C21H22N2O3S/c1-14-6-9-19(27-14)21(26)23-11-3-10-22(12-13-23)20(25)17-5-2-4-16-15(17)7-8-18(16)24/h2,4-6,9H,3,7-8,10-13H2,1H3. The van der Waals surface area contributed by atoms with E-state index in [1.165, 1.54) is 11.3 Å². The molecule has 1 saturated heterocycles. The Labute approximate surface area is 162 Å². The second-order valence-electron chi connectivity index (χ2n) is 7.10. The van der Waals surface area contributed by atoms with Gasteiger partial charge in [-0.2, -0.15) is 0 Å². The molecule has 0 radical (unpaired) electrons. The lowest BCUT2D eigenvalue weighted by Gasteiger charge is -2.23. The van der Waals surface area contributed by atoms with Gasteiger partial charge in [0.05, 0.1) is 4.88 Å². The molecule has 2 heterocycles. The molecule has 0 saturated carbocycles. The summed E-state index contributed by atoms with van der Waals surface area (Å²) in [6, 6.07) is 9.26. The highest BCUT2D eigenvalue weighted by atomic mass is 32.1. The van der Waals surface area contributed by atoms with Gasteiger partial charge in [0.15, 0.2) is 5.78 Å². The van der Waals surface area contributed by atoms with Gasteiger partial charge >= 0.3 is 0 Å². The molecule has 0 spiro atoms. The third-order valence-corrected chi connectivity index (χ3v) is 6.32. The van der Waals surface area contributed by atoms with E-state index in [4.69, 9.17) is 0 Å². The number of rotatable bonds is 2. The van der Waals surface area contributed by atoms with E-state index < -0.39 is 0 Å². The largest absolute Gasteiger partial charge is 0.337 e. The molecular formula is C21H22N2O3S.